The predicted molar refractivity (Wildman–Crippen MR) is 98.5 cm³/mol. The highest BCUT2D eigenvalue weighted by molar-refractivity contribution is 6.42. The third-order valence-electron chi connectivity index (χ3n) is 5.08. The average Bonchev–Trinajstić information content (AvgIpc) is 3.15. The summed E-state index contributed by atoms with van der Waals surface area (Å²) in [6.45, 7) is 1.89. The molecule has 1 amide bonds. The Bertz CT molecular complexity index is 863. The van der Waals surface area contributed by atoms with Crippen LogP contribution in [0.15, 0.2) is 36.5 Å². The summed E-state index contributed by atoms with van der Waals surface area (Å²) in [6, 6.07) is 8.65. The third-order valence-corrected chi connectivity index (χ3v) is 5.82. The smallest absolute Gasteiger partial charge is 0.230 e. The fourth-order valence-corrected chi connectivity index (χ4v) is 4.28. The number of anilines is 1. The molecule has 0 aliphatic carbocycles. The molecule has 7 heteroatoms. The first kappa shape index (κ1) is 17.7. The van der Waals surface area contributed by atoms with E-state index in [0.29, 0.717) is 22.2 Å². The summed E-state index contributed by atoms with van der Waals surface area (Å²) >= 11 is 11.9. The summed E-state index contributed by atoms with van der Waals surface area (Å²) < 4.78 is 20.1. The summed E-state index contributed by atoms with van der Waals surface area (Å²) in [5.41, 5.74) is 2.32. The molecule has 2 fully saturated rings. The number of hydrogen-bond donors (Lipinski definition) is 1. The van der Waals surface area contributed by atoms with E-state index in [4.69, 9.17) is 27.9 Å². The van der Waals surface area contributed by atoms with Gasteiger partial charge in [0.05, 0.1) is 22.1 Å². The normalized spacial score (nSPS) is 29.8. The number of hydrogen-bond acceptors (Lipinski definition) is 3. The van der Waals surface area contributed by atoms with Crippen molar-refractivity contribution in [2.24, 2.45) is 5.92 Å². The Hall–Kier alpha value is -1.69. The summed E-state index contributed by atoms with van der Waals surface area (Å²) in [5, 5.41) is 3.58. The van der Waals surface area contributed by atoms with E-state index < -0.39 is 18.2 Å². The second-order valence-corrected chi connectivity index (χ2v) is 7.61. The molecule has 2 aliphatic heterocycles. The molecule has 2 aliphatic rings. The van der Waals surface area contributed by atoms with Crippen LogP contribution in [0.3, 0.4) is 0 Å². The number of ether oxygens (including phenoxy) is 1. The topological polar surface area (TPSA) is 51.2 Å². The number of halogens is 3. The number of nitrogens with one attached hydrogen (secondary N) is 1. The molecular weight excluding hydrogens is 378 g/mol. The monoisotopic (exact) mass is 394 g/mol. The molecular formula is C19H17Cl2FN2O2. The van der Waals surface area contributed by atoms with Gasteiger partial charge in [0.25, 0.3) is 0 Å². The van der Waals surface area contributed by atoms with Crippen LogP contribution in [0.1, 0.15) is 23.6 Å². The van der Waals surface area contributed by atoms with Gasteiger partial charge in [0.2, 0.25) is 5.91 Å². The van der Waals surface area contributed by atoms with Gasteiger partial charge in [-0.3, -0.25) is 9.78 Å². The molecule has 0 unspecified atom stereocenters. The summed E-state index contributed by atoms with van der Waals surface area (Å²) in [5.74, 6) is -1.09. The number of aromatic nitrogens is 1. The third kappa shape index (κ3) is 3.08. The van der Waals surface area contributed by atoms with Crippen LogP contribution in [0.5, 0.6) is 0 Å². The van der Waals surface area contributed by atoms with E-state index in [1.807, 2.05) is 19.1 Å². The highest BCUT2D eigenvalue weighted by Gasteiger charge is 2.57. The van der Waals surface area contributed by atoms with Crippen molar-refractivity contribution >= 4 is 34.8 Å². The molecule has 5 atom stereocenters. The van der Waals surface area contributed by atoms with E-state index >= 15 is 0 Å². The second kappa shape index (κ2) is 6.80. The molecule has 26 heavy (non-hydrogen) atoms. The Morgan fingerprint density at radius 3 is 2.81 bits per heavy atom. The van der Waals surface area contributed by atoms with Crippen molar-refractivity contribution in [1.29, 1.82) is 0 Å². The number of alkyl halides is 1. The molecule has 0 radical (unpaired) electrons. The molecule has 2 bridgehead atoms. The lowest BCUT2D eigenvalue weighted by molar-refractivity contribution is -0.122. The van der Waals surface area contributed by atoms with Crippen molar-refractivity contribution in [3.05, 3.63) is 57.8 Å². The van der Waals surface area contributed by atoms with Crippen LogP contribution in [0.2, 0.25) is 10.0 Å². The van der Waals surface area contributed by atoms with Crippen LogP contribution < -0.4 is 5.32 Å². The van der Waals surface area contributed by atoms with Crippen LogP contribution in [0, 0.1) is 12.8 Å². The lowest BCUT2D eigenvalue weighted by Gasteiger charge is -2.29. The Balaban J connectivity index is 1.63. The van der Waals surface area contributed by atoms with Crippen LogP contribution in [0.25, 0.3) is 0 Å². The number of carbonyl (C=O) groups is 1. The quantitative estimate of drug-likeness (QED) is 0.830. The number of aryl methyl sites for hydroxylation is 1. The maximum absolute atomic E-state index is 14.3. The molecule has 2 aromatic rings. The van der Waals surface area contributed by atoms with Gasteiger partial charge in [0, 0.05) is 29.9 Å². The highest BCUT2D eigenvalue weighted by atomic mass is 35.5. The Kier molecular flexibility index (Phi) is 4.63. The largest absolute Gasteiger partial charge is 0.370 e. The maximum Gasteiger partial charge on any atom is 0.230 e. The molecule has 1 aromatic carbocycles. The fraction of sp³-hybridized carbons (Fsp3) is 0.368. The van der Waals surface area contributed by atoms with Gasteiger partial charge in [-0.25, -0.2) is 4.39 Å². The highest BCUT2D eigenvalue weighted by Crippen LogP contribution is 2.50. The van der Waals surface area contributed by atoms with Gasteiger partial charge in [-0.1, -0.05) is 23.2 Å². The van der Waals surface area contributed by atoms with Crippen molar-refractivity contribution in [1.82, 2.24) is 4.98 Å². The van der Waals surface area contributed by atoms with Gasteiger partial charge in [0.15, 0.2) is 0 Å². The number of nitrogens with zero attached hydrogens (tertiary/aromatic N) is 1. The number of amides is 1. The lowest BCUT2D eigenvalue weighted by atomic mass is 9.74. The second-order valence-electron chi connectivity index (χ2n) is 6.79. The molecule has 1 N–H and O–H groups in total. The van der Waals surface area contributed by atoms with E-state index in [9.17, 15) is 9.18 Å². The van der Waals surface area contributed by atoms with Crippen LogP contribution in [-0.2, 0) is 9.53 Å². The van der Waals surface area contributed by atoms with Gasteiger partial charge in [-0.05, 0) is 42.8 Å². The molecule has 4 rings (SSSR count). The van der Waals surface area contributed by atoms with E-state index in [1.54, 1.807) is 24.4 Å². The maximum atomic E-state index is 14.3. The fourth-order valence-electron chi connectivity index (χ4n) is 3.98. The van der Waals surface area contributed by atoms with Gasteiger partial charge >= 0.3 is 0 Å². The minimum absolute atomic E-state index is 0.198. The summed E-state index contributed by atoms with van der Waals surface area (Å²) in [7, 11) is 0. The van der Waals surface area contributed by atoms with Gasteiger partial charge in [-0.15, -0.1) is 0 Å². The summed E-state index contributed by atoms with van der Waals surface area (Å²) in [4.78, 5) is 17.2. The van der Waals surface area contributed by atoms with E-state index in [-0.39, 0.29) is 17.9 Å². The molecule has 0 spiro atoms. The first-order valence-electron chi connectivity index (χ1n) is 8.42. The molecule has 0 saturated carbocycles. The van der Waals surface area contributed by atoms with Crippen molar-refractivity contribution in [3.8, 4) is 0 Å². The van der Waals surface area contributed by atoms with Gasteiger partial charge < -0.3 is 10.1 Å². The number of benzene rings is 1. The van der Waals surface area contributed by atoms with Crippen molar-refractivity contribution in [2.45, 2.75) is 37.6 Å². The van der Waals surface area contributed by atoms with Crippen LogP contribution in [-0.4, -0.2) is 29.3 Å². The number of rotatable bonds is 3. The number of fused-ring (bicyclic) bond motifs is 2. The van der Waals surface area contributed by atoms with Crippen molar-refractivity contribution in [2.75, 3.05) is 5.32 Å². The molecule has 136 valence electrons. The average molecular weight is 395 g/mol. The standard InChI is InChI=1S/C19H17Cl2FN2O2/c1-9-6-10(4-5-23-9)16-15-8-14(22)18(26-15)17(16)19(25)24-11-2-3-12(20)13(21)7-11/h2-7,14-18H,8H2,1H3,(H,24,25)/t14-,15-,16-,17+,18+/m0/s1. The van der Waals surface area contributed by atoms with E-state index in [2.05, 4.69) is 10.3 Å². The van der Waals surface area contributed by atoms with E-state index in [0.717, 1.165) is 11.3 Å². The molecule has 2 saturated heterocycles. The first-order valence-corrected chi connectivity index (χ1v) is 9.17. The zero-order valence-electron chi connectivity index (χ0n) is 14.0. The minimum Gasteiger partial charge on any atom is -0.370 e. The zero-order valence-corrected chi connectivity index (χ0v) is 15.5. The summed E-state index contributed by atoms with van der Waals surface area (Å²) in [6.07, 6.45) is -0.156. The Morgan fingerprint density at radius 1 is 1.27 bits per heavy atom. The Morgan fingerprint density at radius 2 is 2.08 bits per heavy atom. The zero-order chi connectivity index (χ0) is 18.4. The van der Waals surface area contributed by atoms with Crippen LogP contribution >= 0.6 is 23.2 Å². The number of pyridine rings is 1. The lowest BCUT2D eigenvalue weighted by Crippen LogP contribution is -2.41. The van der Waals surface area contributed by atoms with E-state index in [1.165, 1.54) is 0 Å². The molecule has 4 nitrogen and oxygen atoms in total. The first-order chi connectivity index (χ1) is 12.4. The predicted octanol–water partition coefficient (Wildman–Crippen LogP) is 4.54. The van der Waals surface area contributed by atoms with Gasteiger partial charge in [-0.2, -0.15) is 0 Å². The molecule has 1 aromatic heterocycles. The number of carbonyl (C=O) groups excluding carboxylic acids is 1. The van der Waals surface area contributed by atoms with Gasteiger partial charge in [0.1, 0.15) is 12.3 Å². The van der Waals surface area contributed by atoms with Crippen LogP contribution in [0.4, 0.5) is 10.1 Å². The van der Waals surface area contributed by atoms with Crippen molar-refractivity contribution in [3.63, 3.8) is 0 Å². The Labute approximate surface area is 160 Å². The minimum atomic E-state index is -1.14. The van der Waals surface area contributed by atoms with Crippen molar-refractivity contribution < 1.29 is 13.9 Å². The SMILES string of the molecule is Cc1cc([C@@H]2[C@@H](C(=O)Nc3ccc(Cl)c(Cl)c3)[C@@H]3O[C@H]2C[C@@H]3F)ccn1. The molecule has 3 heterocycles.